The predicted molar refractivity (Wildman–Crippen MR) is 78.7 cm³/mol. The van der Waals surface area contributed by atoms with E-state index in [1.807, 2.05) is 0 Å². The van der Waals surface area contributed by atoms with Crippen molar-refractivity contribution >= 4 is 5.91 Å². The van der Waals surface area contributed by atoms with Crippen LogP contribution in [0, 0.1) is 5.82 Å². The van der Waals surface area contributed by atoms with E-state index >= 15 is 0 Å². The molecule has 1 heterocycles. The van der Waals surface area contributed by atoms with E-state index in [9.17, 15) is 27.5 Å². The Morgan fingerprint density at radius 2 is 1.75 bits per heavy atom. The molecule has 1 aromatic carbocycles. The lowest BCUT2D eigenvalue weighted by atomic mass is 9.63. The standard InChI is InChI=1S/C17H19F4NO2/c18-13-4-1-3-12(11-13)15(5-2-6-15)14(23)22-9-7-16(24,8-10-22)17(19,20)21/h1,3-4,11,24H,2,5-10H2. The van der Waals surface area contributed by atoms with Crippen molar-refractivity contribution in [3.05, 3.63) is 35.6 Å². The van der Waals surface area contributed by atoms with Crippen LogP contribution in [0.2, 0.25) is 0 Å². The molecule has 1 aromatic rings. The normalized spacial score (nSPS) is 22.8. The fraction of sp³-hybridized carbons (Fsp3) is 0.588. The molecule has 1 N–H and O–H groups in total. The fourth-order valence-electron chi connectivity index (χ4n) is 3.61. The average Bonchev–Trinajstić information content (AvgIpc) is 2.46. The van der Waals surface area contributed by atoms with Crippen molar-refractivity contribution in [2.45, 2.75) is 49.3 Å². The number of amides is 1. The lowest BCUT2D eigenvalue weighted by Gasteiger charge is -2.47. The van der Waals surface area contributed by atoms with Crippen LogP contribution in [-0.4, -0.2) is 40.8 Å². The second kappa shape index (κ2) is 5.72. The fourth-order valence-corrected chi connectivity index (χ4v) is 3.61. The van der Waals surface area contributed by atoms with E-state index in [0.29, 0.717) is 18.4 Å². The van der Waals surface area contributed by atoms with Gasteiger partial charge in [-0.2, -0.15) is 13.2 Å². The Balaban J connectivity index is 1.77. The Kier molecular flexibility index (Phi) is 4.10. The Hall–Kier alpha value is -1.63. The molecule has 0 unspecified atom stereocenters. The first-order valence-corrected chi connectivity index (χ1v) is 8.03. The minimum Gasteiger partial charge on any atom is -0.380 e. The molecule has 2 aliphatic rings. The van der Waals surface area contributed by atoms with Crippen LogP contribution in [0.25, 0.3) is 0 Å². The van der Waals surface area contributed by atoms with Gasteiger partial charge < -0.3 is 10.0 Å². The van der Waals surface area contributed by atoms with Crippen LogP contribution in [0.1, 0.15) is 37.7 Å². The molecule has 0 atom stereocenters. The molecule has 1 saturated carbocycles. The SMILES string of the molecule is O=C(N1CCC(O)(C(F)(F)F)CC1)C1(c2cccc(F)c2)CCC1. The third kappa shape index (κ3) is 2.68. The summed E-state index contributed by atoms with van der Waals surface area (Å²) in [5.41, 5.74) is -2.99. The van der Waals surface area contributed by atoms with Crippen LogP contribution in [0.15, 0.2) is 24.3 Å². The van der Waals surface area contributed by atoms with Crippen LogP contribution in [0.3, 0.4) is 0 Å². The van der Waals surface area contributed by atoms with Gasteiger partial charge in [0, 0.05) is 25.9 Å². The van der Waals surface area contributed by atoms with E-state index in [-0.39, 0.29) is 19.0 Å². The van der Waals surface area contributed by atoms with Crippen LogP contribution in [-0.2, 0) is 10.2 Å². The van der Waals surface area contributed by atoms with Gasteiger partial charge in [-0.3, -0.25) is 4.79 Å². The zero-order valence-corrected chi connectivity index (χ0v) is 13.1. The summed E-state index contributed by atoms with van der Waals surface area (Å²) in [6, 6.07) is 5.85. The quantitative estimate of drug-likeness (QED) is 0.837. The molecule has 0 radical (unpaired) electrons. The second-order valence-corrected chi connectivity index (χ2v) is 6.77. The number of likely N-dealkylation sites (tertiary alicyclic amines) is 1. The Morgan fingerprint density at radius 1 is 1.12 bits per heavy atom. The molecule has 132 valence electrons. The minimum atomic E-state index is -4.70. The topological polar surface area (TPSA) is 40.5 Å². The van der Waals surface area contributed by atoms with Crippen molar-refractivity contribution in [1.29, 1.82) is 0 Å². The van der Waals surface area contributed by atoms with E-state index in [0.717, 1.165) is 6.42 Å². The summed E-state index contributed by atoms with van der Waals surface area (Å²) >= 11 is 0. The summed E-state index contributed by atoms with van der Waals surface area (Å²) in [5, 5.41) is 9.72. The first-order valence-electron chi connectivity index (χ1n) is 8.03. The number of alkyl halides is 3. The number of nitrogens with zero attached hydrogens (tertiary/aromatic N) is 1. The lowest BCUT2D eigenvalue weighted by Crippen LogP contribution is -2.58. The van der Waals surface area contributed by atoms with Gasteiger partial charge in [-0.05, 0) is 30.5 Å². The molecule has 24 heavy (non-hydrogen) atoms. The Labute approximate surface area is 137 Å². The van der Waals surface area contributed by atoms with Gasteiger partial charge >= 0.3 is 6.18 Å². The minimum absolute atomic E-state index is 0.147. The number of piperidine rings is 1. The van der Waals surface area contributed by atoms with E-state index < -0.39 is 35.9 Å². The van der Waals surface area contributed by atoms with Crippen LogP contribution in [0.4, 0.5) is 17.6 Å². The van der Waals surface area contributed by atoms with Gasteiger partial charge in [0.25, 0.3) is 0 Å². The molecule has 1 saturated heterocycles. The largest absolute Gasteiger partial charge is 0.417 e. The first-order chi connectivity index (χ1) is 11.2. The van der Waals surface area contributed by atoms with Crippen molar-refractivity contribution in [3.63, 3.8) is 0 Å². The molecule has 1 aliphatic heterocycles. The number of aliphatic hydroxyl groups is 1. The van der Waals surface area contributed by atoms with Crippen molar-refractivity contribution in [2.75, 3.05) is 13.1 Å². The van der Waals surface area contributed by atoms with Gasteiger partial charge in [0.1, 0.15) is 5.82 Å². The lowest BCUT2D eigenvalue weighted by molar-refractivity contribution is -0.272. The van der Waals surface area contributed by atoms with E-state index in [1.54, 1.807) is 6.07 Å². The number of carbonyl (C=O) groups is 1. The monoisotopic (exact) mass is 345 g/mol. The van der Waals surface area contributed by atoms with E-state index in [4.69, 9.17) is 0 Å². The zero-order valence-electron chi connectivity index (χ0n) is 13.1. The smallest absolute Gasteiger partial charge is 0.380 e. The van der Waals surface area contributed by atoms with Crippen molar-refractivity contribution in [3.8, 4) is 0 Å². The Bertz CT molecular complexity index is 632. The van der Waals surface area contributed by atoms with Gasteiger partial charge in [0.05, 0.1) is 5.41 Å². The van der Waals surface area contributed by atoms with Crippen molar-refractivity contribution in [1.82, 2.24) is 4.90 Å². The van der Waals surface area contributed by atoms with Gasteiger partial charge in [-0.25, -0.2) is 4.39 Å². The maximum absolute atomic E-state index is 13.5. The number of benzene rings is 1. The van der Waals surface area contributed by atoms with Crippen molar-refractivity contribution < 1.29 is 27.5 Å². The molecular weight excluding hydrogens is 326 g/mol. The molecule has 1 amide bonds. The molecule has 2 fully saturated rings. The molecule has 0 aromatic heterocycles. The van der Waals surface area contributed by atoms with Gasteiger partial charge in [-0.1, -0.05) is 18.6 Å². The highest BCUT2D eigenvalue weighted by Crippen LogP contribution is 2.46. The summed E-state index contributed by atoms with van der Waals surface area (Å²) in [6.07, 6.45) is -3.80. The molecule has 0 bridgehead atoms. The molecule has 7 heteroatoms. The molecule has 3 nitrogen and oxygen atoms in total. The maximum atomic E-state index is 13.5. The third-order valence-corrected chi connectivity index (χ3v) is 5.40. The highest BCUT2D eigenvalue weighted by Gasteiger charge is 2.56. The number of rotatable bonds is 2. The van der Waals surface area contributed by atoms with Gasteiger partial charge in [0.2, 0.25) is 5.91 Å². The summed E-state index contributed by atoms with van der Waals surface area (Å²) < 4.78 is 52.2. The van der Waals surface area contributed by atoms with Gasteiger partial charge in [0.15, 0.2) is 5.60 Å². The predicted octanol–water partition coefficient (Wildman–Crippen LogP) is 3.16. The summed E-state index contributed by atoms with van der Waals surface area (Å²) in [5.74, 6) is -0.694. The number of halogens is 4. The molecule has 3 rings (SSSR count). The van der Waals surface area contributed by atoms with E-state index in [1.165, 1.54) is 23.1 Å². The summed E-state index contributed by atoms with van der Waals surface area (Å²) in [4.78, 5) is 14.3. The van der Waals surface area contributed by atoms with Crippen LogP contribution >= 0.6 is 0 Å². The number of hydrogen-bond acceptors (Lipinski definition) is 2. The Morgan fingerprint density at radius 3 is 2.21 bits per heavy atom. The number of carbonyl (C=O) groups excluding carboxylic acids is 1. The summed E-state index contributed by atoms with van der Waals surface area (Å²) in [6.45, 7) is -0.294. The maximum Gasteiger partial charge on any atom is 0.417 e. The molecule has 0 spiro atoms. The number of hydrogen-bond donors (Lipinski definition) is 1. The van der Waals surface area contributed by atoms with Crippen LogP contribution in [0.5, 0.6) is 0 Å². The molecule has 1 aliphatic carbocycles. The highest BCUT2D eigenvalue weighted by molar-refractivity contribution is 5.89. The van der Waals surface area contributed by atoms with Gasteiger partial charge in [-0.15, -0.1) is 0 Å². The summed E-state index contributed by atoms with van der Waals surface area (Å²) in [7, 11) is 0. The van der Waals surface area contributed by atoms with Crippen molar-refractivity contribution in [2.24, 2.45) is 0 Å². The van der Waals surface area contributed by atoms with E-state index in [2.05, 4.69) is 0 Å². The first kappa shape index (κ1) is 17.2. The zero-order chi connectivity index (χ0) is 17.6. The molecular formula is C17H19F4NO2. The van der Waals surface area contributed by atoms with Crippen LogP contribution < -0.4 is 0 Å². The average molecular weight is 345 g/mol. The second-order valence-electron chi connectivity index (χ2n) is 6.77. The highest BCUT2D eigenvalue weighted by atomic mass is 19.4. The third-order valence-electron chi connectivity index (χ3n) is 5.40.